The van der Waals surface area contributed by atoms with Crippen molar-refractivity contribution in [3.05, 3.63) is 335 Å². The number of rotatable bonds is 58. The van der Waals surface area contributed by atoms with Crippen LogP contribution in [0.4, 0.5) is 11.4 Å². The van der Waals surface area contributed by atoms with Gasteiger partial charge in [0.05, 0.1) is 290 Å². The summed E-state index contributed by atoms with van der Waals surface area (Å²) in [6.07, 6.45) is 4.59. The molecule has 28 nitrogen and oxygen atoms in total. The molecule has 0 fully saturated rings. The van der Waals surface area contributed by atoms with Crippen molar-refractivity contribution in [3.63, 3.8) is 0 Å². The molecule has 12 aromatic rings. The SMILES string of the molecule is [C-]#[N+]C([N+]#[C-])=C1/C(=C/c2cc(COCCOCCOC)c(-c3cc4c(s3)-c3sc5c6c(sc5c3C4(c3ccc(COCCOCCOC)cc3)c3ccc(COCCOCCOC)cc3)-c3sc(-c4sc(/C=C5\C(=O)c7cc([N+]#[C-])c(C#N)cc7C5=C(C#N)C#N)cc4COCCOCCOC)cc3C6(c3ccc(CCOCCOCCOC)cc3)c3ccc(CCOCCOCCOC)cc3)s2)C(=O)c2cc(C#N)c([N+]#[C-])cc21. The van der Waals surface area contributed by atoms with E-state index in [4.69, 9.17) is 112 Å². The summed E-state index contributed by atoms with van der Waals surface area (Å²) in [5.74, 6) is -1.38. The van der Waals surface area contributed by atoms with Crippen LogP contribution in [0, 0.1) is 71.6 Å². The first-order valence-electron chi connectivity index (χ1n) is 48.6. The predicted molar refractivity (Wildman–Crippen MR) is 578 cm³/mol. The van der Waals surface area contributed by atoms with Crippen molar-refractivity contribution in [2.45, 2.75) is 50.1 Å². The summed E-state index contributed by atoms with van der Waals surface area (Å²) in [6, 6.07) is 57.7. The third-order valence-electron chi connectivity index (χ3n) is 25.8. The lowest BCUT2D eigenvalue weighted by Gasteiger charge is -2.34. The van der Waals surface area contributed by atoms with E-state index in [1.54, 1.807) is 100 Å². The van der Waals surface area contributed by atoms with Crippen molar-refractivity contribution in [2.24, 2.45) is 0 Å². The number of ketones is 2. The second-order valence-corrected chi connectivity index (χ2v) is 41.1. The number of methoxy groups -OCH3 is 6. The Morgan fingerprint density at radius 3 is 0.973 bits per heavy atom. The van der Waals surface area contributed by atoms with E-state index in [0.717, 1.165) is 126 Å². The van der Waals surface area contributed by atoms with Crippen LogP contribution in [-0.2, 0) is 135 Å². The summed E-state index contributed by atoms with van der Waals surface area (Å²) in [6.45, 7) is 43.3. The number of fused-ring (bicyclic) bond motifs is 11. The molecule has 0 unspecified atom stereocenters. The van der Waals surface area contributed by atoms with Crippen LogP contribution in [0.3, 0.4) is 0 Å². The van der Waals surface area contributed by atoms with Crippen molar-refractivity contribution in [2.75, 3.05) is 214 Å². The molecule has 4 aliphatic carbocycles. The van der Waals surface area contributed by atoms with E-state index in [-0.39, 0.29) is 131 Å². The van der Waals surface area contributed by atoms with Crippen molar-refractivity contribution in [1.29, 1.82) is 21.0 Å². The highest BCUT2D eigenvalue weighted by Crippen LogP contribution is 2.71. The molecule has 34 heteroatoms. The average molecular weight is 2130 g/mol. The van der Waals surface area contributed by atoms with E-state index < -0.39 is 22.4 Å². The van der Waals surface area contributed by atoms with Gasteiger partial charge in [-0.25, -0.2) is 9.69 Å². The molecule has 0 N–H and O–H groups in total. The Bertz CT molecular complexity index is 6900. The molecule has 0 bridgehead atoms. The van der Waals surface area contributed by atoms with Gasteiger partial charge in [-0.05, 0) is 151 Å². The fraction of sp³-hybridized carbons (Fsp3) is 0.345. The normalized spacial score (nSPS) is 13.7. The Morgan fingerprint density at radius 1 is 0.327 bits per heavy atom. The zero-order valence-corrected chi connectivity index (χ0v) is 88.7. The lowest BCUT2D eigenvalue weighted by molar-refractivity contribution is 0.0199. The molecule has 6 aromatic carbocycles. The number of hydrogen-bond donors (Lipinski definition) is 0. The first kappa shape index (κ1) is 110. The standard InChI is InChI=1S/C116H108N8O20S6/c1-121-96-61-89-90(58-78(96)66-118)104(125)93(101(89)114(123-3)124-4)60-87-56-80(72-144-54-50-140-42-36-132-10)107(146-87)99-64-95-109(148-99)111-103(116(95,84-23-15-75(16-24-84)69-141-51-47-137-39-33-129-7)85-25-17-76(18-26-85)70-142-52-48-138-40-34-130-8)113-112(150-111)102-110(149-113)108-94(115(102,82-19-11-73(12-20-82)27-29-133-43-45-135-37-31-127-5)83-21-13-74(14-22-83)28-30-134-44-46-136-38-32-128-6)63-98(147-108)106-79(71-143-53-49-139-41-35-131-9)55-86(145-106)59-92-100(81(67-119)68-120)88-57-77(65-117)97(122-2)62-91(88)105(92)126/h11-26,55-64H,27-54,69-72H2,5-10H3/b92-59-,93-60-. The van der Waals surface area contributed by atoms with Gasteiger partial charge in [0, 0.05) is 101 Å². The molecule has 0 spiro atoms. The largest absolute Gasteiger partial charge is 0.527 e. The summed E-state index contributed by atoms with van der Waals surface area (Å²) in [4.78, 5) is 53.5. The molecular weight excluding hydrogens is 2020 g/mol. The molecular formula is C116H108N8O20S6. The lowest BCUT2D eigenvalue weighted by atomic mass is 9.67. The Kier molecular flexibility index (Phi) is 39.4. The third kappa shape index (κ3) is 23.9. The summed E-state index contributed by atoms with van der Waals surface area (Å²) < 4.78 is 107. The molecule has 0 saturated carbocycles. The number of allylic oxidation sites excluding steroid dienone is 5. The number of benzene rings is 6. The van der Waals surface area contributed by atoms with Crippen LogP contribution in [0.1, 0.15) is 131 Å². The topological polar surface area (TPSA) is 313 Å². The second-order valence-electron chi connectivity index (χ2n) is 34.8. The van der Waals surface area contributed by atoms with Crippen LogP contribution < -0.4 is 0 Å². The van der Waals surface area contributed by atoms with Gasteiger partial charge in [0.1, 0.15) is 30.9 Å². The summed E-state index contributed by atoms with van der Waals surface area (Å²) in [5.41, 5.74) is 11.8. The van der Waals surface area contributed by atoms with E-state index >= 15 is 9.59 Å². The third-order valence-corrected chi connectivity index (χ3v) is 33.6. The van der Waals surface area contributed by atoms with Crippen molar-refractivity contribution in [1.82, 2.24) is 0 Å². The molecule has 150 heavy (non-hydrogen) atoms. The first-order valence-corrected chi connectivity index (χ1v) is 53.5. The second kappa shape index (κ2) is 53.8. The number of nitriles is 4. The number of ether oxygens (including phenoxy) is 18. The van der Waals surface area contributed by atoms with Gasteiger partial charge in [0.2, 0.25) is 11.4 Å². The molecule has 0 radical (unpaired) electrons. The van der Waals surface area contributed by atoms with Crippen LogP contribution in [0.5, 0.6) is 0 Å². The Hall–Kier alpha value is -12.7. The minimum Gasteiger partial charge on any atom is -0.382 e. The van der Waals surface area contributed by atoms with Crippen molar-refractivity contribution >= 4 is 124 Å². The highest BCUT2D eigenvalue weighted by atomic mass is 32.1. The molecule has 0 saturated heterocycles. The molecule has 6 heterocycles. The maximum atomic E-state index is 15.2. The molecule has 16 rings (SSSR count). The number of Topliss-reactive ketones (excluding diaryl/α,β-unsaturated/α-hetero) is 2. The van der Waals surface area contributed by atoms with E-state index in [0.29, 0.717) is 168 Å². The van der Waals surface area contributed by atoms with Gasteiger partial charge in [-0.1, -0.05) is 97.1 Å². The summed E-state index contributed by atoms with van der Waals surface area (Å²) in [7, 11) is 9.78. The maximum absolute atomic E-state index is 15.2. The van der Waals surface area contributed by atoms with Gasteiger partial charge in [0.25, 0.3) is 0 Å². The average Bonchev–Trinajstić information content (AvgIpc) is 1.48. The highest BCUT2D eigenvalue weighted by molar-refractivity contribution is 7.35. The Morgan fingerprint density at radius 2 is 0.633 bits per heavy atom. The van der Waals surface area contributed by atoms with E-state index in [1.165, 1.54) is 46.9 Å². The number of carbonyl (C=O) groups is 2. The van der Waals surface area contributed by atoms with Gasteiger partial charge in [0.15, 0.2) is 11.6 Å². The van der Waals surface area contributed by atoms with Crippen LogP contribution >= 0.6 is 68.0 Å². The van der Waals surface area contributed by atoms with Crippen molar-refractivity contribution in [3.8, 4) is 63.3 Å². The van der Waals surface area contributed by atoms with Gasteiger partial charge in [-0.2, -0.15) is 30.7 Å². The first-order chi connectivity index (χ1) is 73.7. The Balaban J connectivity index is 0.950. The molecule has 0 atom stereocenters. The number of hydrogen-bond acceptors (Lipinski definition) is 30. The quantitative estimate of drug-likeness (QED) is 0.0148. The van der Waals surface area contributed by atoms with Crippen LogP contribution in [0.2, 0.25) is 0 Å². The van der Waals surface area contributed by atoms with Crippen LogP contribution in [-0.4, -0.2) is 226 Å². The van der Waals surface area contributed by atoms with E-state index in [2.05, 4.69) is 141 Å². The zero-order chi connectivity index (χ0) is 105. The lowest BCUT2D eigenvalue weighted by Crippen LogP contribution is -2.29. The minimum absolute atomic E-state index is 0.00731. The van der Waals surface area contributed by atoms with Crippen molar-refractivity contribution < 1.29 is 94.9 Å². The van der Waals surface area contributed by atoms with Gasteiger partial charge in [-0.3, -0.25) is 9.59 Å². The smallest absolute Gasteiger partial charge is 0.382 e. The van der Waals surface area contributed by atoms with E-state index in [9.17, 15) is 21.0 Å². The van der Waals surface area contributed by atoms with Crippen LogP contribution in [0.25, 0.3) is 91.1 Å². The zero-order valence-electron chi connectivity index (χ0n) is 83.8. The Labute approximate surface area is 895 Å². The maximum Gasteiger partial charge on any atom is 0.527 e. The minimum atomic E-state index is -1.14. The van der Waals surface area contributed by atoms with Crippen LogP contribution in [0.15, 0.2) is 168 Å². The monoisotopic (exact) mass is 2120 g/mol. The molecule has 6 aromatic heterocycles. The summed E-state index contributed by atoms with van der Waals surface area (Å²) >= 11 is 9.72. The molecule has 768 valence electrons. The number of nitrogens with zero attached hydrogens (tertiary/aromatic N) is 8. The summed E-state index contributed by atoms with van der Waals surface area (Å²) in [5, 5.41) is 42.0. The number of carbonyl (C=O) groups excluding carboxylic acids is 2. The van der Waals surface area contributed by atoms with Gasteiger partial charge < -0.3 is 85.3 Å². The fourth-order valence-corrected chi connectivity index (χ4v) is 27.2. The predicted octanol–water partition coefficient (Wildman–Crippen LogP) is 22.1. The molecule has 0 amide bonds. The van der Waals surface area contributed by atoms with Gasteiger partial charge in [-0.15, -0.1) is 68.0 Å². The van der Waals surface area contributed by atoms with Gasteiger partial charge >= 0.3 is 5.82 Å². The highest BCUT2D eigenvalue weighted by Gasteiger charge is 2.56. The molecule has 4 aliphatic rings. The number of thiophene rings is 6. The molecule has 0 aliphatic heterocycles. The van der Waals surface area contributed by atoms with E-state index in [1.807, 2.05) is 24.3 Å². The fourth-order valence-electron chi connectivity index (χ4n) is 18.8.